The van der Waals surface area contributed by atoms with Crippen molar-refractivity contribution in [2.24, 2.45) is 0 Å². The Bertz CT molecular complexity index is 1210. The Labute approximate surface area is 175 Å². The van der Waals surface area contributed by atoms with E-state index in [9.17, 15) is 17.6 Å². The average Bonchev–Trinajstić information content (AvgIpc) is 3.05. The molecule has 0 spiro atoms. The predicted octanol–water partition coefficient (Wildman–Crippen LogP) is 4.53. The Morgan fingerprint density at radius 3 is 2.37 bits per heavy atom. The molecular formula is C23H21FN2O3S. The summed E-state index contributed by atoms with van der Waals surface area (Å²) in [5.41, 5.74) is 3.27. The van der Waals surface area contributed by atoms with Crippen LogP contribution in [0.2, 0.25) is 0 Å². The van der Waals surface area contributed by atoms with E-state index in [0.717, 1.165) is 11.1 Å². The third-order valence-corrected chi connectivity index (χ3v) is 7.12. The van der Waals surface area contributed by atoms with Crippen LogP contribution in [0.1, 0.15) is 28.4 Å². The largest absolute Gasteiger partial charge is 0.322 e. The van der Waals surface area contributed by atoms with Crippen LogP contribution in [0.15, 0.2) is 71.6 Å². The number of hydrogen-bond donors (Lipinski definition) is 1. The first kappa shape index (κ1) is 20.1. The molecule has 0 bridgehead atoms. The summed E-state index contributed by atoms with van der Waals surface area (Å²) in [5.74, 6) is -0.716. The second-order valence-electron chi connectivity index (χ2n) is 7.47. The highest BCUT2D eigenvalue weighted by Gasteiger charge is 2.36. The summed E-state index contributed by atoms with van der Waals surface area (Å²) in [4.78, 5) is 12.8. The van der Waals surface area contributed by atoms with Gasteiger partial charge in [-0.15, -0.1) is 0 Å². The molecular weight excluding hydrogens is 403 g/mol. The number of benzene rings is 3. The van der Waals surface area contributed by atoms with Gasteiger partial charge < -0.3 is 5.32 Å². The van der Waals surface area contributed by atoms with Crippen molar-refractivity contribution in [3.05, 3.63) is 89.2 Å². The van der Waals surface area contributed by atoms with Crippen LogP contribution < -0.4 is 9.62 Å². The minimum absolute atomic E-state index is 0.242. The molecule has 3 aromatic carbocycles. The average molecular weight is 424 g/mol. The number of aryl methyl sites for hydroxylation is 1. The Hall–Kier alpha value is -3.19. The number of carbonyl (C=O) groups is 1. The number of rotatable bonds is 4. The van der Waals surface area contributed by atoms with Crippen LogP contribution in [0, 0.1) is 12.7 Å². The van der Waals surface area contributed by atoms with E-state index in [4.69, 9.17) is 0 Å². The Balaban J connectivity index is 1.62. The van der Waals surface area contributed by atoms with E-state index in [2.05, 4.69) is 5.32 Å². The number of nitrogens with one attached hydrogen (secondary N) is 1. The van der Waals surface area contributed by atoms with Gasteiger partial charge in [0.25, 0.3) is 15.9 Å². The maximum Gasteiger partial charge on any atom is 0.264 e. The topological polar surface area (TPSA) is 66.5 Å². The maximum absolute atomic E-state index is 13.2. The molecule has 1 N–H and O–H groups in total. The zero-order valence-corrected chi connectivity index (χ0v) is 17.4. The molecule has 3 aromatic rings. The zero-order valence-electron chi connectivity index (χ0n) is 16.6. The highest BCUT2D eigenvalue weighted by molar-refractivity contribution is 7.92. The van der Waals surface area contributed by atoms with E-state index in [1.807, 2.05) is 13.8 Å². The molecule has 1 amide bonds. The highest BCUT2D eigenvalue weighted by Crippen LogP contribution is 2.37. The van der Waals surface area contributed by atoms with E-state index >= 15 is 0 Å². The van der Waals surface area contributed by atoms with Crippen LogP contribution in [0.25, 0.3) is 0 Å². The van der Waals surface area contributed by atoms with Crippen LogP contribution in [-0.4, -0.2) is 20.4 Å². The third-order valence-electron chi connectivity index (χ3n) is 5.17. The lowest BCUT2D eigenvalue weighted by Gasteiger charge is -2.24. The van der Waals surface area contributed by atoms with Gasteiger partial charge in [-0.05, 0) is 80.4 Å². The van der Waals surface area contributed by atoms with Gasteiger partial charge in [-0.2, -0.15) is 0 Å². The smallest absolute Gasteiger partial charge is 0.264 e. The standard InChI is InChI=1S/C23H21FN2O3S/c1-15-3-10-21(11-4-15)30(28,29)26-16(2)13-18-14-17(5-12-22(18)26)23(27)25-20-8-6-19(24)7-9-20/h3-12,14,16H,13H2,1-2H3,(H,25,27)/t16-/m0/s1. The molecule has 7 heteroatoms. The molecule has 1 aliphatic heterocycles. The van der Waals surface area contributed by atoms with Crippen molar-refractivity contribution in [3.8, 4) is 0 Å². The minimum Gasteiger partial charge on any atom is -0.322 e. The number of nitrogens with zero attached hydrogens (tertiary/aromatic N) is 1. The monoisotopic (exact) mass is 424 g/mol. The molecule has 1 aliphatic rings. The van der Waals surface area contributed by atoms with Gasteiger partial charge >= 0.3 is 0 Å². The van der Waals surface area contributed by atoms with Crippen LogP contribution in [0.3, 0.4) is 0 Å². The van der Waals surface area contributed by atoms with Crippen LogP contribution in [0.5, 0.6) is 0 Å². The quantitative estimate of drug-likeness (QED) is 0.669. The summed E-state index contributed by atoms with van der Waals surface area (Å²) in [6, 6.07) is 17.0. The van der Waals surface area contributed by atoms with Gasteiger partial charge in [0.2, 0.25) is 0 Å². The van der Waals surface area contributed by atoms with Crippen LogP contribution in [0.4, 0.5) is 15.8 Å². The lowest BCUT2D eigenvalue weighted by atomic mass is 10.1. The molecule has 0 saturated carbocycles. The first-order valence-corrected chi connectivity index (χ1v) is 11.0. The summed E-state index contributed by atoms with van der Waals surface area (Å²) in [6.45, 7) is 3.76. The Morgan fingerprint density at radius 2 is 1.70 bits per heavy atom. The predicted molar refractivity (Wildman–Crippen MR) is 115 cm³/mol. The number of hydrogen-bond acceptors (Lipinski definition) is 3. The SMILES string of the molecule is Cc1ccc(S(=O)(=O)N2c3ccc(C(=O)Nc4ccc(F)cc4)cc3C[C@@H]2C)cc1. The number of anilines is 2. The van der Waals surface area contributed by atoms with Gasteiger partial charge in [-0.3, -0.25) is 9.10 Å². The number of halogens is 1. The second-order valence-corrected chi connectivity index (χ2v) is 9.29. The van der Waals surface area contributed by atoms with Crippen molar-refractivity contribution in [1.82, 2.24) is 0 Å². The molecule has 30 heavy (non-hydrogen) atoms. The molecule has 4 rings (SSSR count). The van der Waals surface area contributed by atoms with E-state index in [-0.39, 0.29) is 22.7 Å². The van der Waals surface area contributed by atoms with Crippen molar-refractivity contribution in [3.63, 3.8) is 0 Å². The number of sulfonamides is 1. The molecule has 0 aromatic heterocycles. The molecule has 5 nitrogen and oxygen atoms in total. The van der Waals surface area contributed by atoms with Crippen molar-refractivity contribution < 1.29 is 17.6 Å². The maximum atomic E-state index is 13.2. The highest BCUT2D eigenvalue weighted by atomic mass is 32.2. The van der Waals surface area contributed by atoms with Gasteiger partial charge in [0.1, 0.15) is 5.82 Å². The number of amides is 1. The summed E-state index contributed by atoms with van der Waals surface area (Å²) in [7, 11) is -3.71. The molecule has 1 heterocycles. The Kier molecular flexibility index (Phi) is 5.07. The molecule has 1 atom stereocenters. The minimum atomic E-state index is -3.71. The lowest BCUT2D eigenvalue weighted by molar-refractivity contribution is 0.102. The summed E-state index contributed by atoms with van der Waals surface area (Å²) in [5, 5.41) is 2.72. The molecule has 0 radical (unpaired) electrons. The molecule has 0 saturated heterocycles. The van der Waals surface area contributed by atoms with Crippen molar-refractivity contribution in [2.75, 3.05) is 9.62 Å². The van der Waals surface area contributed by atoms with E-state index in [0.29, 0.717) is 23.4 Å². The molecule has 0 unspecified atom stereocenters. The summed E-state index contributed by atoms with van der Waals surface area (Å²) >= 11 is 0. The first-order valence-electron chi connectivity index (χ1n) is 9.56. The fraction of sp³-hybridized carbons (Fsp3) is 0.174. The van der Waals surface area contributed by atoms with E-state index in [1.54, 1.807) is 42.5 Å². The zero-order chi connectivity index (χ0) is 21.5. The van der Waals surface area contributed by atoms with Gasteiger partial charge in [-0.25, -0.2) is 12.8 Å². The number of fused-ring (bicyclic) bond motifs is 1. The third kappa shape index (κ3) is 3.68. The number of carbonyl (C=O) groups excluding carboxylic acids is 1. The molecule has 154 valence electrons. The lowest BCUT2D eigenvalue weighted by Crippen LogP contribution is -2.35. The summed E-state index contributed by atoms with van der Waals surface area (Å²) < 4.78 is 40.9. The van der Waals surface area contributed by atoms with E-state index < -0.39 is 10.0 Å². The fourth-order valence-electron chi connectivity index (χ4n) is 3.67. The second kappa shape index (κ2) is 7.57. The first-order chi connectivity index (χ1) is 14.3. The summed E-state index contributed by atoms with van der Waals surface area (Å²) in [6.07, 6.45) is 0.512. The van der Waals surface area contributed by atoms with Crippen LogP contribution >= 0.6 is 0 Å². The Morgan fingerprint density at radius 1 is 1.03 bits per heavy atom. The normalized spacial score (nSPS) is 15.7. The molecule has 0 aliphatic carbocycles. The van der Waals surface area contributed by atoms with Crippen molar-refractivity contribution in [1.29, 1.82) is 0 Å². The van der Waals surface area contributed by atoms with Gasteiger partial charge in [0.05, 0.1) is 10.6 Å². The van der Waals surface area contributed by atoms with Gasteiger partial charge in [-0.1, -0.05) is 17.7 Å². The van der Waals surface area contributed by atoms with Gasteiger partial charge in [0.15, 0.2) is 0 Å². The van der Waals surface area contributed by atoms with Gasteiger partial charge in [0, 0.05) is 17.3 Å². The van der Waals surface area contributed by atoms with Crippen LogP contribution in [-0.2, 0) is 16.4 Å². The van der Waals surface area contributed by atoms with E-state index in [1.165, 1.54) is 28.6 Å². The fourth-order valence-corrected chi connectivity index (χ4v) is 5.36. The van der Waals surface area contributed by atoms with Crippen molar-refractivity contribution in [2.45, 2.75) is 31.2 Å². The molecule has 0 fully saturated rings. The van der Waals surface area contributed by atoms with Crippen molar-refractivity contribution >= 4 is 27.3 Å².